The standard InChI is InChI=1S/C19H12F4N4.C13H5ClF4N2.C11H11ClF3NSi.C8H3ClF3N.C6H2BrClF3N/c1-11-2-4-15(10-24-11)27-17(16-5-3-14(20)9-25-16)7-12-6-13(19(21,22)23)8-26-18(12)27;14-12-8(5-9(6-20-12)13(16,17)18)1-3-11-4-2-10(15)7-19-11;1-17(2,3)5-4-8-6-9(11(13,14)15)7-16-10(8)12;1-2-5-3-6(8(10,11)12)4-13-7(5)9;7-4-1-3(6(9,10)11)2-12-5(4)8/h2-10H,1H3;2,4-7H;6-7H,1-3H3;1,3-4H;1-2H. The number of hydrogen-bond donors (Lipinski definition) is 0. The number of aryl methyl sites for hydroxylation is 1. The summed E-state index contributed by atoms with van der Waals surface area (Å²) in [6.45, 7) is 7.81. The van der Waals surface area contributed by atoms with Gasteiger partial charge in [-0.05, 0) is 102 Å². The Bertz CT molecular complexity index is 4130. The van der Waals surface area contributed by atoms with E-state index >= 15 is 0 Å². The van der Waals surface area contributed by atoms with E-state index in [1.165, 1.54) is 18.2 Å². The predicted molar refractivity (Wildman–Crippen MR) is 305 cm³/mol. The van der Waals surface area contributed by atoms with Crippen molar-refractivity contribution in [2.45, 2.75) is 57.4 Å². The van der Waals surface area contributed by atoms with Crippen LogP contribution in [0.3, 0.4) is 0 Å². The van der Waals surface area contributed by atoms with Gasteiger partial charge in [0.2, 0.25) is 0 Å². The molecule has 0 fully saturated rings. The van der Waals surface area contributed by atoms with Gasteiger partial charge in [-0.2, -0.15) is 65.9 Å². The van der Waals surface area contributed by atoms with Gasteiger partial charge in [0.15, 0.2) is 0 Å². The number of fused-ring (bicyclic) bond motifs is 1. The van der Waals surface area contributed by atoms with Crippen molar-refractivity contribution in [2.24, 2.45) is 0 Å². The highest BCUT2D eigenvalue weighted by Gasteiger charge is 2.35. The van der Waals surface area contributed by atoms with E-state index in [9.17, 15) is 74.6 Å². The fourth-order valence-corrected chi connectivity index (χ4v) is 7.74. The van der Waals surface area contributed by atoms with Crippen molar-refractivity contribution in [1.82, 2.24) is 44.4 Å². The van der Waals surface area contributed by atoms with Crippen molar-refractivity contribution in [3.8, 4) is 52.7 Å². The SMILES string of the molecule is C#Cc1cc(C(F)(F)F)cnc1Cl.C[Si](C)(C)C#Cc1cc(C(F)(F)F)cnc1Cl.Cc1ccc(-n2c(-c3ccc(F)cn3)cc3cc(C(F)(F)F)cnc32)cn1.FC(F)(F)c1cnc(Cl)c(Br)c1.Fc1ccc(C#Cc2cc(C(F)(F)F)cnc2Cl)nc1. The van der Waals surface area contributed by atoms with E-state index < -0.39 is 78.4 Å². The Balaban J connectivity index is 0.000000209. The van der Waals surface area contributed by atoms with Crippen LogP contribution < -0.4 is 0 Å². The fourth-order valence-electron chi connectivity index (χ4n) is 6.32. The highest BCUT2D eigenvalue weighted by atomic mass is 79.9. The first-order chi connectivity index (χ1) is 41.1. The molecule has 0 saturated carbocycles. The highest BCUT2D eigenvalue weighted by molar-refractivity contribution is 9.10. The molecule has 89 heavy (non-hydrogen) atoms. The van der Waals surface area contributed by atoms with Gasteiger partial charge in [-0.3, -0.25) is 14.5 Å². The van der Waals surface area contributed by atoms with Gasteiger partial charge >= 0.3 is 30.9 Å². The minimum Gasteiger partial charge on any atom is -0.291 e. The van der Waals surface area contributed by atoms with Crippen molar-refractivity contribution >= 4 is 81.4 Å². The molecule has 9 rings (SSSR count). The predicted octanol–water partition coefficient (Wildman–Crippen LogP) is 18.9. The maximum atomic E-state index is 13.2. The molecule has 0 aliphatic rings. The van der Waals surface area contributed by atoms with Crippen molar-refractivity contribution in [2.75, 3.05) is 0 Å². The zero-order valence-electron chi connectivity index (χ0n) is 45.0. The second-order valence-corrected chi connectivity index (χ2v) is 25.5. The number of halogens is 22. The van der Waals surface area contributed by atoms with Crippen LogP contribution in [0.25, 0.3) is 28.1 Å². The van der Waals surface area contributed by atoms with Crippen LogP contribution in [0.5, 0.6) is 0 Å². The zero-order chi connectivity index (χ0) is 66.6. The lowest BCUT2D eigenvalue weighted by Gasteiger charge is -2.10. The summed E-state index contributed by atoms with van der Waals surface area (Å²) in [5.74, 6) is 8.58. The highest BCUT2D eigenvalue weighted by Crippen LogP contribution is 2.37. The van der Waals surface area contributed by atoms with E-state index in [0.717, 1.165) is 60.7 Å². The quantitative estimate of drug-likeness (QED) is 0.0729. The van der Waals surface area contributed by atoms with Crippen LogP contribution in [-0.4, -0.2) is 52.5 Å². The van der Waals surface area contributed by atoms with Crippen LogP contribution in [-0.2, 0) is 30.9 Å². The molecule has 0 N–H and O–H groups in total. The number of terminal acetylenes is 1. The summed E-state index contributed by atoms with van der Waals surface area (Å²) < 4.78 is 214. The Kier molecular flexibility index (Phi) is 23.9. The van der Waals surface area contributed by atoms with Crippen LogP contribution in [0, 0.1) is 54.2 Å². The summed E-state index contributed by atoms with van der Waals surface area (Å²) in [6.07, 6.45) is -10.3. The van der Waals surface area contributed by atoms with Crippen LogP contribution in [0.1, 0.15) is 55.9 Å². The van der Waals surface area contributed by atoms with Crippen molar-refractivity contribution in [3.63, 3.8) is 0 Å². The first-order valence-corrected chi connectivity index (χ1v) is 29.8. The molecule has 9 nitrogen and oxygen atoms in total. The summed E-state index contributed by atoms with van der Waals surface area (Å²) in [4.78, 5) is 29.6. The number of rotatable bonds is 2. The molecule has 0 atom stereocenters. The second kappa shape index (κ2) is 29.6. The molecular weight excluding hydrogens is 1380 g/mol. The molecule has 0 aromatic carbocycles. The normalized spacial score (nSPS) is 11.5. The summed E-state index contributed by atoms with van der Waals surface area (Å²) in [5, 5.41) is 0.0707. The zero-order valence-corrected chi connectivity index (χ0v) is 50.6. The molecule has 0 aliphatic carbocycles. The molecule has 9 aromatic rings. The first kappa shape index (κ1) is 71.8. The van der Waals surface area contributed by atoms with Crippen molar-refractivity contribution in [1.29, 1.82) is 0 Å². The third-order valence-corrected chi connectivity index (χ3v) is 13.4. The average Bonchev–Trinajstić information content (AvgIpc) is 2.02. The minimum absolute atomic E-state index is 0.00347. The number of aromatic nitrogens is 9. The van der Waals surface area contributed by atoms with E-state index in [2.05, 4.69) is 79.1 Å². The number of hydrogen-bond acceptors (Lipinski definition) is 8. The molecule has 0 unspecified atom stereocenters. The van der Waals surface area contributed by atoms with Crippen molar-refractivity contribution < 1.29 is 74.6 Å². The lowest BCUT2D eigenvalue weighted by atomic mass is 10.2. The Hall–Kier alpha value is -7.91. The van der Waals surface area contributed by atoms with Crippen LogP contribution in [0.15, 0.2) is 127 Å². The van der Waals surface area contributed by atoms with Gasteiger partial charge in [0.25, 0.3) is 0 Å². The van der Waals surface area contributed by atoms with Gasteiger partial charge in [0.1, 0.15) is 51.7 Å². The molecule has 0 radical (unpaired) electrons. The summed E-state index contributed by atoms with van der Waals surface area (Å²) in [5.41, 5.74) is 1.45. The van der Waals surface area contributed by atoms with Gasteiger partial charge in [0.05, 0.1) is 84.6 Å². The maximum Gasteiger partial charge on any atom is 0.417 e. The summed E-state index contributed by atoms with van der Waals surface area (Å²) >= 11 is 25.1. The van der Waals surface area contributed by atoms with Gasteiger partial charge in [-0.1, -0.05) is 83.8 Å². The molecule has 0 aliphatic heterocycles. The third-order valence-electron chi connectivity index (χ3n) is 10.5. The minimum atomic E-state index is -4.53. The lowest BCUT2D eigenvalue weighted by molar-refractivity contribution is -0.138. The molecule has 0 spiro atoms. The number of nitrogens with zero attached hydrogens (tertiary/aromatic N) is 9. The van der Waals surface area contributed by atoms with Crippen LogP contribution in [0.2, 0.25) is 40.3 Å². The molecule has 9 aromatic heterocycles. The first-order valence-electron chi connectivity index (χ1n) is 24.0. The molecule has 0 saturated heterocycles. The van der Waals surface area contributed by atoms with E-state index in [1.807, 2.05) is 32.5 Å². The number of pyridine rings is 8. The molecule has 32 heteroatoms. The number of alkyl halides is 15. The molecular formula is C57H33BrCl4F17N9Si. The molecule has 0 bridgehead atoms. The van der Waals surface area contributed by atoms with E-state index in [1.54, 1.807) is 29.0 Å². The monoisotopic (exact) mass is 1410 g/mol. The molecule has 0 amide bonds. The van der Waals surface area contributed by atoms with Crippen LogP contribution in [0.4, 0.5) is 74.6 Å². The Morgan fingerprint density at radius 3 is 1.33 bits per heavy atom. The molecule has 464 valence electrons. The van der Waals surface area contributed by atoms with E-state index in [-0.39, 0.29) is 47.5 Å². The van der Waals surface area contributed by atoms with Crippen LogP contribution >= 0.6 is 62.3 Å². The van der Waals surface area contributed by atoms with Gasteiger partial charge in [0, 0.05) is 42.1 Å². The third kappa shape index (κ3) is 21.7. The lowest BCUT2D eigenvalue weighted by Crippen LogP contribution is -2.16. The largest absolute Gasteiger partial charge is 0.417 e. The van der Waals surface area contributed by atoms with Gasteiger partial charge in [-0.25, -0.2) is 38.7 Å². The Morgan fingerprint density at radius 2 is 0.899 bits per heavy atom. The summed E-state index contributed by atoms with van der Waals surface area (Å²) in [6, 6.07) is 14.7. The summed E-state index contributed by atoms with van der Waals surface area (Å²) in [7, 11) is -1.65. The smallest absolute Gasteiger partial charge is 0.291 e. The van der Waals surface area contributed by atoms with Gasteiger partial charge in [-0.15, -0.1) is 12.0 Å². The average molecular weight is 1420 g/mol. The Morgan fingerprint density at radius 1 is 0.461 bits per heavy atom. The molecule has 9 heterocycles. The Labute approximate surface area is 522 Å². The van der Waals surface area contributed by atoms with E-state index in [4.69, 9.17) is 52.8 Å². The second-order valence-electron chi connectivity index (χ2n) is 18.4. The van der Waals surface area contributed by atoms with Gasteiger partial charge < -0.3 is 0 Å². The topological polar surface area (TPSA) is 108 Å². The van der Waals surface area contributed by atoms with Crippen molar-refractivity contribution in [3.05, 3.63) is 215 Å². The fraction of sp³-hybridized carbons (Fsp3) is 0.158. The van der Waals surface area contributed by atoms with E-state index in [0.29, 0.717) is 52.9 Å². The maximum absolute atomic E-state index is 13.2.